The largest absolute Gasteiger partial charge is 0.480 e. The topological polar surface area (TPSA) is 70.0 Å². The molecule has 20 heavy (non-hydrogen) atoms. The number of aliphatic carboxylic acids is 1. The molecule has 1 aromatic carbocycles. The molecule has 0 radical (unpaired) electrons. The van der Waals surface area contributed by atoms with E-state index in [-0.39, 0.29) is 6.61 Å². The highest BCUT2D eigenvalue weighted by atomic mass is 16.5. The molecule has 1 aromatic rings. The molecule has 1 atom stereocenters. The van der Waals surface area contributed by atoms with Gasteiger partial charge in [0.25, 0.3) is 0 Å². The fraction of sp³-hybridized carbons (Fsp3) is 0.533. The minimum absolute atomic E-state index is 0.278. The lowest BCUT2D eigenvalue weighted by Crippen LogP contribution is -2.63. The van der Waals surface area contributed by atoms with Crippen LogP contribution in [-0.4, -0.2) is 52.9 Å². The Kier molecular flexibility index (Phi) is 4.13. The summed E-state index contributed by atoms with van der Waals surface area (Å²) >= 11 is 0. The van der Waals surface area contributed by atoms with Gasteiger partial charge < -0.3 is 14.9 Å². The smallest absolute Gasteiger partial charge is 0.329 e. The minimum atomic E-state index is -0.957. The maximum atomic E-state index is 10.5. The Morgan fingerprint density at radius 2 is 2.00 bits per heavy atom. The highest BCUT2D eigenvalue weighted by Crippen LogP contribution is 2.29. The van der Waals surface area contributed by atoms with Crippen molar-refractivity contribution in [3.8, 4) is 0 Å². The fourth-order valence-corrected chi connectivity index (χ4v) is 2.66. The van der Waals surface area contributed by atoms with Gasteiger partial charge in [0.15, 0.2) is 0 Å². The molecule has 2 N–H and O–H groups in total. The lowest BCUT2D eigenvalue weighted by atomic mass is 9.90. The van der Waals surface area contributed by atoms with Gasteiger partial charge in [0.1, 0.15) is 6.61 Å². The molecule has 0 bridgehead atoms. The molecule has 110 valence electrons. The molecule has 0 aromatic heterocycles. The van der Waals surface area contributed by atoms with Crippen molar-refractivity contribution in [2.45, 2.75) is 25.0 Å². The van der Waals surface area contributed by atoms with E-state index < -0.39 is 17.2 Å². The first-order valence-electron chi connectivity index (χ1n) is 6.67. The number of benzene rings is 1. The second kappa shape index (κ2) is 5.52. The number of rotatable bonds is 6. The summed E-state index contributed by atoms with van der Waals surface area (Å²) in [6.45, 7) is 5.16. The molecule has 0 spiro atoms. The van der Waals surface area contributed by atoms with Crippen LogP contribution in [0, 0.1) is 0 Å². The molecular formula is C15H21NO4. The fourth-order valence-electron chi connectivity index (χ4n) is 2.66. The summed E-state index contributed by atoms with van der Waals surface area (Å²) in [6.07, 6.45) is 0. The quantitative estimate of drug-likeness (QED) is 0.815. The van der Waals surface area contributed by atoms with Crippen LogP contribution in [0.3, 0.4) is 0 Å². The molecule has 1 heterocycles. The van der Waals surface area contributed by atoms with E-state index in [1.165, 1.54) is 0 Å². The van der Waals surface area contributed by atoms with Gasteiger partial charge in [0.2, 0.25) is 0 Å². The molecule has 1 aliphatic rings. The van der Waals surface area contributed by atoms with Crippen molar-refractivity contribution in [2.75, 3.05) is 26.2 Å². The van der Waals surface area contributed by atoms with Crippen LogP contribution in [0.1, 0.15) is 19.4 Å². The monoisotopic (exact) mass is 279 g/mol. The molecule has 5 heteroatoms. The number of β-amino-alcohol motifs (C(OH)–C–C–N with tert-alkyl or cyclic N) is 1. The Hall–Kier alpha value is -1.43. The number of hydrogen-bond acceptors (Lipinski definition) is 4. The number of carboxylic acid groups (broad SMARTS) is 1. The number of nitrogens with zero attached hydrogens (tertiary/aromatic N) is 1. The zero-order chi connectivity index (χ0) is 14.8. The van der Waals surface area contributed by atoms with E-state index in [1.807, 2.05) is 37.3 Å². The molecule has 5 nitrogen and oxygen atoms in total. The van der Waals surface area contributed by atoms with Crippen molar-refractivity contribution < 1.29 is 19.7 Å². The normalized spacial score (nSPS) is 20.9. The minimum Gasteiger partial charge on any atom is -0.480 e. The Morgan fingerprint density at radius 1 is 1.40 bits per heavy atom. The molecule has 1 saturated heterocycles. The number of aliphatic hydroxyl groups is 1. The average molecular weight is 279 g/mol. The number of carboxylic acids is 1. The van der Waals surface area contributed by atoms with E-state index in [2.05, 4.69) is 4.90 Å². The van der Waals surface area contributed by atoms with Gasteiger partial charge in [-0.05, 0) is 19.4 Å². The van der Waals surface area contributed by atoms with E-state index in [0.29, 0.717) is 19.6 Å². The third-order valence-electron chi connectivity index (χ3n) is 3.59. The number of hydrogen-bond donors (Lipinski definition) is 2. The van der Waals surface area contributed by atoms with Crippen molar-refractivity contribution in [1.82, 2.24) is 4.90 Å². The Labute approximate surface area is 118 Å². The SMILES string of the molecule is CC1(OCC(=O)O)CN(CC(C)(O)c2ccccc2)C1. The van der Waals surface area contributed by atoms with Gasteiger partial charge in [-0.15, -0.1) is 0 Å². The Balaban J connectivity index is 1.86. The summed E-state index contributed by atoms with van der Waals surface area (Å²) in [5.74, 6) is -0.957. The van der Waals surface area contributed by atoms with Crippen LogP contribution >= 0.6 is 0 Å². The second-order valence-electron chi connectivity index (χ2n) is 5.92. The van der Waals surface area contributed by atoms with Gasteiger partial charge in [0.05, 0.1) is 11.2 Å². The molecule has 2 rings (SSSR count). The number of ether oxygens (including phenoxy) is 1. The second-order valence-corrected chi connectivity index (χ2v) is 5.92. The Bertz CT molecular complexity index is 466. The van der Waals surface area contributed by atoms with Crippen LogP contribution in [0.15, 0.2) is 30.3 Å². The van der Waals surface area contributed by atoms with Crippen LogP contribution in [0.25, 0.3) is 0 Å². The predicted octanol–water partition coefficient (Wildman–Crippen LogP) is 1.07. The first-order valence-corrected chi connectivity index (χ1v) is 6.67. The van der Waals surface area contributed by atoms with Crippen molar-refractivity contribution in [3.63, 3.8) is 0 Å². The molecule has 0 saturated carbocycles. The van der Waals surface area contributed by atoms with Crippen molar-refractivity contribution in [2.24, 2.45) is 0 Å². The van der Waals surface area contributed by atoms with E-state index in [4.69, 9.17) is 9.84 Å². The van der Waals surface area contributed by atoms with E-state index in [0.717, 1.165) is 5.56 Å². The van der Waals surface area contributed by atoms with Gasteiger partial charge in [-0.2, -0.15) is 0 Å². The van der Waals surface area contributed by atoms with Gasteiger partial charge in [-0.3, -0.25) is 4.90 Å². The Morgan fingerprint density at radius 3 is 2.55 bits per heavy atom. The molecule has 0 aliphatic carbocycles. The van der Waals surface area contributed by atoms with Crippen molar-refractivity contribution in [1.29, 1.82) is 0 Å². The summed E-state index contributed by atoms with van der Waals surface area (Å²) < 4.78 is 5.35. The number of likely N-dealkylation sites (tertiary alicyclic amines) is 1. The molecule has 1 unspecified atom stereocenters. The van der Waals surface area contributed by atoms with Crippen molar-refractivity contribution in [3.05, 3.63) is 35.9 Å². The maximum Gasteiger partial charge on any atom is 0.329 e. The van der Waals surface area contributed by atoms with E-state index >= 15 is 0 Å². The van der Waals surface area contributed by atoms with Gasteiger partial charge in [-0.25, -0.2) is 4.79 Å². The predicted molar refractivity (Wildman–Crippen MR) is 74.4 cm³/mol. The highest BCUT2D eigenvalue weighted by molar-refractivity contribution is 5.68. The summed E-state index contributed by atoms with van der Waals surface area (Å²) in [4.78, 5) is 12.6. The summed E-state index contributed by atoms with van der Waals surface area (Å²) in [7, 11) is 0. The maximum absolute atomic E-state index is 10.5. The van der Waals surface area contributed by atoms with Crippen LogP contribution in [0.4, 0.5) is 0 Å². The van der Waals surface area contributed by atoms with Crippen molar-refractivity contribution >= 4 is 5.97 Å². The first kappa shape index (κ1) is 15.0. The van der Waals surface area contributed by atoms with Gasteiger partial charge in [-0.1, -0.05) is 30.3 Å². The summed E-state index contributed by atoms with van der Waals surface area (Å²) in [5, 5.41) is 19.2. The molecular weight excluding hydrogens is 258 g/mol. The zero-order valence-corrected chi connectivity index (χ0v) is 11.9. The number of carbonyl (C=O) groups is 1. The standard InChI is InChI=1S/C15H21NO4/c1-14(20-8-13(17)18)9-16(10-14)11-15(2,19)12-6-4-3-5-7-12/h3-7,19H,8-11H2,1-2H3,(H,17,18). The lowest BCUT2D eigenvalue weighted by Gasteiger charge is -2.49. The third kappa shape index (κ3) is 3.56. The summed E-state index contributed by atoms with van der Waals surface area (Å²) in [5.41, 5.74) is -0.472. The first-order chi connectivity index (χ1) is 9.31. The van der Waals surface area contributed by atoms with Crippen LogP contribution < -0.4 is 0 Å². The lowest BCUT2D eigenvalue weighted by molar-refractivity contribution is -0.170. The average Bonchev–Trinajstić information content (AvgIpc) is 2.35. The van der Waals surface area contributed by atoms with Crippen LogP contribution in [0.2, 0.25) is 0 Å². The molecule has 0 amide bonds. The third-order valence-corrected chi connectivity index (χ3v) is 3.59. The van der Waals surface area contributed by atoms with Gasteiger partial charge in [0, 0.05) is 19.6 Å². The van der Waals surface area contributed by atoms with Crippen LogP contribution in [0.5, 0.6) is 0 Å². The van der Waals surface area contributed by atoms with E-state index in [9.17, 15) is 9.90 Å². The van der Waals surface area contributed by atoms with Crippen LogP contribution in [-0.2, 0) is 15.1 Å². The van der Waals surface area contributed by atoms with Gasteiger partial charge >= 0.3 is 5.97 Å². The summed E-state index contributed by atoms with van der Waals surface area (Å²) in [6, 6.07) is 9.53. The molecule has 1 aliphatic heterocycles. The highest BCUT2D eigenvalue weighted by Gasteiger charge is 2.42. The van der Waals surface area contributed by atoms with E-state index in [1.54, 1.807) is 6.92 Å². The molecule has 1 fully saturated rings. The zero-order valence-electron chi connectivity index (χ0n) is 11.9.